The molecule has 2 rings (SSSR count). The second kappa shape index (κ2) is 6.92. The highest BCUT2D eigenvalue weighted by atomic mass is 35.5. The summed E-state index contributed by atoms with van der Waals surface area (Å²) in [6, 6.07) is 8.16. The molecule has 0 aliphatic heterocycles. The van der Waals surface area contributed by atoms with Gasteiger partial charge in [-0.05, 0) is 23.7 Å². The maximum atomic E-state index is 11.3. The van der Waals surface area contributed by atoms with Crippen LogP contribution in [0.4, 0.5) is 22.7 Å². The number of anilines is 2. The van der Waals surface area contributed by atoms with Crippen molar-refractivity contribution in [2.24, 2.45) is 0 Å². The first-order valence-electron chi connectivity index (χ1n) is 6.42. The van der Waals surface area contributed by atoms with E-state index in [-0.39, 0.29) is 16.9 Å². The summed E-state index contributed by atoms with van der Waals surface area (Å²) < 4.78 is 5.10. The number of hydrogen-bond acceptors (Lipinski definition) is 7. The Bertz CT molecular complexity index is 804. The average molecular weight is 352 g/mol. The van der Waals surface area contributed by atoms with Crippen molar-refractivity contribution in [3.8, 4) is 5.75 Å². The van der Waals surface area contributed by atoms with Gasteiger partial charge in [0.2, 0.25) is 0 Å². The standard InChI is InChI=1S/C14H10ClN3O6/c1-24-12-5-3-2-4-9(12)16-13-10(17(20)21)6-8(14(15)19)7-11(13)18(22)23/h2-7,16H,1H3. The van der Waals surface area contributed by atoms with Crippen LogP contribution in [0.2, 0.25) is 0 Å². The molecule has 10 heteroatoms. The minimum Gasteiger partial charge on any atom is -0.495 e. The van der Waals surface area contributed by atoms with Crippen LogP contribution in [0.1, 0.15) is 10.4 Å². The number of nitrogens with zero attached hydrogens (tertiary/aromatic N) is 2. The summed E-state index contributed by atoms with van der Waals surface area (Å²) in [5, 5.41) is 24.1. The Kier molecular flexibility index (Phi) is 4.95. The second-order valence-electron chi connectivity index (χ2n) is 4.50. The van der Waals surface area contributed by atoms with Crippen LogP contribution in [0, 0.1) is 20.2 Å². The molecule has 2 aromatic rings. The summed E-state index contributed by atoms with van der Waals surface area (Å²) in [6.07, 6.45) is 0. The molecule has 0 saturated carbocycles. The number of methoxy groups -OCH3 is 1. The first-order valence-corrected chi connectivity index (χ1v) is 6.79. The predicted molar refractivity (Wildman–Crippen MR) is 86.2 cm³/mol. The van der Waals surface area contributed by atoms with Crippen molar-refractivity contribution in [1.82, 2.24) is 0 Å². The van der Waals surface area contributed by atoms with Gasteiger partial charge in [-0.2, -0.15) is 0 Å². The number of ether oxygens (including phenoxy) is 1. The van der Waals surface area contributed by atoms with Crippen LogP contribution in [0.25, 0.3) is 0 Å². The smallest absolute Gasteiger partial charge is 0.300 e. The lowest BCUT2D eigenvalue weighted by atomic mass is 10.1. The lowest BCUT2D eigenvalue weighted by Crippen LogP contribution is -2.05. The molecule has 124 valence electrons. The van der Waals surface area contributed by atoms with Crippen LogP contribution in [-0.4, -0.2) is 22.2 Å². The van der Waals surface area contributed by atoms with Gasteiger partial charge in [0.1, 0.15) is 5.75 Å². The Balaban J connectivity index is 2.69. The number of rotatable bonds is 6. The summed E-state index contributed by atoms with van der Waals surface area (Å²) in [5.74, 6) is 0.332. The zero-order valence-electron chi connectivity index (χ0n) is 12.2. The quantitative estimate of drug-likeness (QED) is 0.478. The summed E-state index contributed by atoms with van der Waals surface area (Å²) in [5.41, 5.74) is -1.74. The minimum atomic E-state index is -1.04. The van der Waals surface area contributed by atoms with Gasteiger partial charge in [0, 0.05) is 17.7 Å². The highest BCUT2D eigenvalue weighted by Crippen LogP contribution is 2.40. The zero-order valence-corrected chi connectivity index (χ0v) is 12.9. The molecular weight excluding hydrogens is 342 g/mol. The van der Waals surface area contributed by atoms with Crippen molar-refractivity contribution in [2.45, 2.75) is 0 Å². The molecule has 0 amide bonds. The van der Waals surface area contributed by atoms with Crippen LogP contribution < -0.4 is 10.1 Å². The van der Waals surface area contributed by atoms with E-state index in [0.29, 0.717) is 5.75 Å². The van der Waals surface area contributed by atoms with Crippen LogP contribution in [0.3, 0.4) is 0 Å². The van der Waals surface area contributed by atoms with Crippen molar-refractivity contribution in [3.05, 3.63) is 62.2 Å². The highest BCUT2D eigenvalue weighted by Gasteiger charge is 2.29. The molecule has 9 nitrogen and oxygen atoms in total. The maximum Gasteiger partial charge on any atom is 0.300 e. The first-order chi connectivity index (χ1) is 11.3. The van der Waals surface area contributed by atoms with Crippen LogP contribution in [-0.2, 0) is 0 Å². The topological polar surface area (TPSA) is 125 Å². The van der Waals surface area contributed by atoms with E-state index in [1.54, 1.807) is 18.2 Å². The summed E-state index contributed by atoms with van der Waals surface area (Å²) in [7, 11) is 1.39. The van der Waals surface area contributed by atoms with Crippen LogP contribution >= 0.6 is 11.6 Å². The molecule has 0 aliphatic carbocycles. The summed E-state index contributed by atoms with van der Waals surface area (Å²) in [4.78, 5) is 32.1. The molecule has 0 atom stereocenters. The van der Waals surface area contributed by atoms with Gasteiger partial charge >= 0.3 is 11.4 Å². The number of nitrogens with one attached hydrogen (secondary N) is 1. The molecule has 1 N–H and O–H groups in total. The lowest BCUT2D eigenvalue weighted by molar-refractivity contribution is -0.392. The van der Waals surface area contributed by atoms with E-state index in [9.17, 15) is 25.0 Å². The number of carbonyl (C=O) groups is 1. The van der Waals surface area contributed by atoms with Gasteiger partial charge in [0.15, 0.2) is 5.69 Å². The maximum absolute atomic E-state index is 11.3. The van der Waals surface area contributed by atoms with Crippen molar-refractivity contribution in [1.29, 1.82) is 0 Å². The molecule has 0 saturated heterocycles. The molecule has 24 heavy (non-hydrogen) atoms. The monoisotopic (exact) mass is 351 g/mol. The average Bonchev–Trinajstić information content (AvgIpc) is 2.54. The van der Waals surface area contributed by atoms with E-state index in [0.717, 1.165) is 12.1 Å². The van der Waals surface area contributed by atoms with Gasteiger partial charge in [-0.3, -0.25) is 25.0 Å². The molecule has 0 aliphatic rings. The fourth-order valence-corrected chi connectivity index (χ4v) is 2.13. The van der Waals surface area contributed by atoms with Crippen LogP contribution in [0.15, 0.2) is 36.4 Å². The van der Waals surface area contributed by atoms with Crippen molar-refractivity contribution < 1.29 is 19.4 Å². The third kappa shape index (κ3) is 3.41. The van der Waals surface area contributed by atoms with Gasteiger partial charge in [0.05, 0.1) is 22.6 Å². The van der Waals surface area contributed by atoms with E-state index in [1.807, 2.05) is 0 Å². The molecule has 0 spiro atoms. The number of nitro groups is 2. The van der Waals surface area contributed by atoms with Gasteiger partial charge in [-0.25, -0.2) is 0 Å². The Morgan fingerprint density at radius 1 is 1.12 bits per heavy atom. The van der Waals surface area contributed by atoms with Gasteiger partial charge < -0.3 is 10.1 Å². The van der Waals surface area contributed by atoms with Gasteiger partial charge in [-0.1, -0.05) is 12.1 Å². The molecule has 0 fully saturated rings. The van der Waals surface area contributed by atoms with Gasteiger partial charge in [-0.15, -0.1) is 0 Å². The molecule has 2 aromatic carbocycles. The molecule has 0 radical (unpaired) electrons. The van der Waals surface area contributed by atoms with Crippen molar-refractivity contribution in [2.75, 3.05) is 12.4 Å². The van der Waals surface area contributed by atoms with E-state index >= 15 is 0 Å². The van der Waals surface area contributed by atoms with E-state index < -0.39 is 26.5 Å². The fourth-order valence-electron chi connectivity index (χ4n) is 2.02. The molecule has 0 aromatic heterocycles. The number of para-hydroxylation sites is 2. The Morgan fingerprint density at radius 3 is 2.12 bits per heavy atom. The highest BCUT2D eigenvalue weighted by molar-refractivity contribution is 6.67. The van der Waals surface area contributed by atoms with E-state index in [2.05, 4.69) is 5.32 Å². The lowest BCUT2D eigenvalue weighted by Gasteiger charge is -2.12. The fraction of sp³-hybridized carbons (Fsp3) is 0.0714. The van der Waals surface area contributed by atoms with E-state index in [1.165, 1.54) is 13.2 Å². The van der Waals surface area contributed by atoms with Crippen molar-refractivity contribution >= 4 is 39.6 Å². The largest absolute Gasteiger partial charge is 0.495 e. The van der Waals surface area contributed by atoms with Crippen molar-refractivity contribution in [3.63, 3.8) is 0 Å². The number of nitro benzene ring substituents is 2. The Labute approximate surface area is 140 Å². The molecular formula is C14H10ClN3O6. The second-order valence-corrected chi connectivity index (χ2v) is 4.85. The van der Waals surface area contributed by atoms with Crippen LogP contribution in [0.5, 0.6) is 5.75 Å². The third-order valence-corrected chi connectivity index (χ3v) is 3.30. The van der Waals surface area contributed by atoms with Gasteiger partial charge in [0.25, 0.3) is 5.24 Å². The summed E-state index contributed by atoms with van der Waals surface area (Å²) >= 11 is 5.29. The molecule has 0 bridgehead atoms. The molecule has 0 heterocycles. The third-order valence-electron chi connectivity index (χ3n) is 3.08. The number of halogens is 1. The SMILES string of the molecule is COc1ccccc1Nc1c([N+](=O)[O-])cc(C(=O)Cl)cc1[N+](=O)[O-]. The predicted octanol–water partition coefficient (Wildman–Crippen LogP) is 3.63. The normalized spacial score (nSPS) is 10.1. The number of benzene rings is 2. The minimum absolute atomic E-state index is 0.288. The summed E-state index contributed by atoms with van der Waals surface area (Å²) in [6.45, 7) is 0. The number of hydrogen-bond donors (Lipinski definition) is 1. The zero-order chi connectivity index (χ0) is 17.9. The molecule has 0 unspecified atom stereocenters. The first kappa shape index (κ1) is 17.2. The van der Waals surface area contributed by atoms with E-state index in [4.69, 9.17) is 16.3 Å². The Morgan fingerprint density at radius 2 is 1.67 bits per heavy atom. The number of carbonyl (C=O) groups excluding carboxylic acids is 1. The Hall–Kier alpha value is -3.20.